The average Bonchev–Trinajstić information content (AvgIpc) is 2.77. The molecular formula is C23H26ClN3O3S. The van der Waals surface area contributed by atoms with E-state index in [1.165, 1.54) is 11.8 Å². The van der Waals surface area contributed by atoms with E-state index in [-0.39, 0.29) is 11.5 Å². The summed E-state index contributed by atoms with van der Waals surface area (Å²) in [6, 6.07) is 14.6. The maximum absolute atomic E-state index is 13.2. The lowest BCUT2D eigenvalue weighted by molar-refractivity contribution is -0.117. The number of aromatic nitrogens is 2. The molecule has 1 unspecified atom stereocenters. The van der Waals surface area contributed by atoms with Crippen LogP contribution in [0.2, 0.25) is 5.02 Å². The van der Waals surface area contributed by atoms with Crippen molar-refractivity contribution in [2.24, 2.45) is 0 Å². The van der Waals surface area contributed by atoms with Gasteiger partial charge >= 0.3 is 0 Å². The number of hydrogen-bond donors (Lipinski definition) is 0. The second-order valence-corrected chi connectivity index (χ2v) is 8.78. The predicted octanol–water partition coefficient (Wildman–Crippen LogP) is 4.62. The molecule has 0 fully saturated rings. The van der Waals surface area contributed by atoms with Crippen molar-refractivity contribution >= 4 is 45.9 Å². The van der Waals surface area contributed by atoms with Gasteiger partial charge in [0, 0.05) is 37.5 Å². The fraction of sp³-hybridized carbons (Fsp3) is 0.348. The summed E-state index contributed by atoms with van der Waals surface area (Å²) in [6.07, 6.45) is 0.665. The van der Waals surface area contributed by atoms with Crippen molar-refractivity contribution in [3.63, 3.8) is 0 Å². The molecule has 1 atom stereocenters. The Labute approximate surface area is 191 Å². The van der Waals surface area contributed by atoms with E-state index in [1.807, 2.05) is 44.2 Å². The van der Waals surface area contributed by atoms with Gasteiger partial charge in [0.25, 0.3) is 5.56 Å². The topological polar surface area (TPSA) is 64.4 Å². The summed E-state index contributed by atoms with van der Waals surface area (Å²) in [7, 11) is 1.63. The lowest BCUT2D eigenvalue weighted by Crippen LogP contribution is -2.37. The van der Waals surface area contributed by atoms with Crippen molar-refractivity contribution in [2.45, 2.75) is 37.2 Å². The first-order chi connectivity index (χ1) is 15.0. The molecule has 3 rings (SSSR count). The van der Waals surface area contributed by atoms with Crippen LogP contribution in [0.3, 0.4) is 0 Å². The molecule has 31 heavy (non-hydrogen) atoms. The molecule has 1 heterocycles. The van der Waals surface area contributed by atoms with Gasteiger partial charge in [0.1, 0.15) is 0 Å². The molecule has 0 saturated carbocycles. The third kappa shape index (κ3) is 5.47. The molecule has 0 bridgehead atoms. The molecule has 0 saturated heterocycles. The maximum Gasteiger partial charge on any atom is 0.262 e. The van der Waals surface area contributed by atoms with Gasteiger partial charge in [0.05, 0.1) is 16.2 Å². The standard InChI is InChI=1S/C23H26ClN3O3S/c1-4-26(18-9-6-5-7-10-18)21(28)16(2)31-23-25-20-15-17(24)11-12-19(20)22(29)27(23)13-8-14-30-3/h5-7,9-12,15-16H,4,8,13-14H2,1-3H3. The van der Waals surface area contributed by atoms with Crippen LogP contribution in [0.1, 0.15) is 20.3 Å². The zero-order valence-electron chi connectivity index (χ0n) is 17.9. The van der Waals surface area contributed by atoms with Crippen LogP contribution < -0.4 is 10.5 Å². The summed E-state index contributed by atoms with van der Waals surface area (Å²) < 4.78 is 6.77. The quantitative estimate of drug-likeness (QED) is 0.265. The van der Waals surface area contributed by atoms with Crippen molar-refractivity contribution in [3.05, 3.63) is 63.9 Å². The van der Waals surface area contributed by atoms with Crippen LogP contribution in [0.15, 0.2) is 58.5 Å². The lowest BCUT2D eigenvalue weighted by atomic mass is 10.2. The van der Waals surface area contributed by atoms with Gasteiger partial charge in [-0.15, -0.1) is 0 Å². The zero-order chi connectivity index (χ0) is 22.4. The summed E-state index contributed by atoms with van der Waals surface area (Å²) in [6.45, 7) is 5.32. The SMILES string of the molecule is CCN(C(=O)C(C)Sc1nc2cc(Cl)ccc2c(=O)n1CCCOC)c1ccccc1. The number of anilines is 1. The molecule has 0 aliphatic carbocycles. The van der Waals surface area contributed by atoms with Crippen LogP contribution in [0, 0.1) is 0 Å². The Balaban J connectivity index is 1.95. The number of nitrogens with zero attached hydrogens (tertiary/aromatic N) is 3. The smallest absolute Gasteiger partial charge is 0.262 e. The van der Waals surface area contributed by atoms with E-state index >= 15 is 0 Å². The number of thioether (sulfide) groups is 1. The molecule has 3 aromatic rings. The second-order valence-electron chi connectivity index (χ2n) is 7.04. The van der Waals surface area contributed by atoms with Crippen molar-refractivity contribution < 1.29 is 9.53 Å². The molecule has 2 aromatic carbocycles. The highest BCUT2D eigenvalue weighted by molar-refractivity contribution is 8.00. The van der Waals surface area contributed by atoms with Gasteiger partial charge in [-0.05, 0) is 50.6 Å². The first-order valence-corrected chi connectivity index (χ1v) is 11.4. The maximum atomic E-state index is 13.2. The number of carbonyl (C=O) groups is 1. The number of benzene rings is 2. The molecule has 0 N–H and O–H groups in total. The Kier molecular flexibility index (Phi) is 8.12. The number of rotatable bonds is 9. The summed E-state index contributed by atoms with van der Waals surface area (Å²) in [5.74, 6) is -0.0393. The normalized spacial score (nSPS) is 12.1. The minimum atomic E-state index is -0.433. The molecule has 0 radical (unpaired) electrons. The summed E-state index contributed by atoms with van der Waals surface area (Å²) in [5.41, 5.74) is 1.23. The average molecular weight is 460 g/mol. The molecule has 1 amide bonds. The largest absolute Gasteiger partial charge is 0.385 e. The van der Waals surface area contributed by atoms with E-state index in [4.69, 9.17) is 16.3 Å². The molecule has 0 spiro atoms. The van der Waals surface area contributed by atoms with Gasteiger partial charge in [-0.2, -0.15) is 0 Å². The number of hydrogen-bond acceptors (Lipinski definition) is 5. The Hall–Kier alpha value is -2.35. The van der Waals surface area contributed by atoms with Crippen LogP contribution >= 0.6 is 23.4 Å². The van der Waals surface area contributed by atoms with E-state index in [1.54, 1.807) is 34.8 Å². The molecule has 8 heteroatoms. The van der Waals surface area contributed by atoms with Crippen LogP contribution in [-0.2, 0) is 16.1 Å². The number of amides is 1. The number of fused-ring (bicyclic) bond motifs is 1. The minimum absolute atomic E-state index is 0.0393. The van der Waals surface area contributed by atoms with Crippen LogP contribution in [0.4, 0.5) is 5.69 Å². The fourth-order valence-corrected chi connectivity index (χ4v) is 4.49. The third-order valence-electron chi connectivity index (χ3n) is 4.89. The van der Waals surface area contributed by atoms with Gasteiger partial charge in [0.2, 0.25) is 5.91 Å². The van der Waals surface area contributed by atoms with Crippen molar-refractivity contribution in [3.8, 4) is 0 Å². The third-order valence-corrected chi connectivity index (χ3v) is 6.21. The van der Waals surface area contributed by atoms with E-state index in [0.29, 0.717) is 47.2 Å². The molecular weight excluding hydrogens is 434 g/mol. The van der Waals surface area contributed by atoms with E-state index in [9.17, 15) is 9.59 Å². The monoisotopic (exact) mass is 459 g/mol. The Morgan fingerprint density at radius 2 is 2.00 bits per heavy atom. The zero-order valence-corrected chi connectivity index (χ0v) is 19.4. The molecule has 0 aliphatic rings. The number of ether oxygens (including phenoxy) is 1. The van der Waals surface area contributed by atoms with Gasteiger partial charge < -0.3 is 9.64 Å². The van der Waals surface area contributed by atoms with Gasteiger partial charge in [-0.25, -0.2) is 4.98 Å². The summed E-state index contributed by atoms with van der Waals surface area (Å²) in [5, 5.41) is 1.08. The minimum Gasteiger partial charge on any atom is -0.385 e. The van der Waals surface area contributed by atoms with Gasteiger partial charge in [-0.3, -0.25) is 14.2 Å². The molecule has 164 valence electrons. The first kappa shape index (κ1) is 23.3. The van der Waals surface area contributed by atoms with Gasteiger partial charge in [0.15, 0.2) is 5.16 Å². The van der Waals surface area contributed by atoms with Crippen LogP contribution in [0.5, 0.6) is 0 Å². The van der Waals surface area contributed by atoms with Crippen molar-refractivity contribution in [1.29, 1.82) is 0 Å². The van der Waals surface area contributed by atoms with E-state index < -0.39 is 5.25 Å². The highest BCUT2D eigenvalue weighted by Crippen LogP contribution is 2.26. The Morgan fingerprint density at radius 1 is 1.26 bits per heavy atom. The second kappa shape index (κ2) is 10.8. The first-order valence-electron chi connectivity index (χ1n) is 10.2. The molecule has 0 aliphatic heterocycles. The highest BCUT2D eigenvalue weighted by atomic mass is 35.5. The van der Waals surface area contributed by atoms with Crippen LogP contribution in [0.25, 0.3) is 10.9 Å². The fourth-order valence-electron chi connectivity index (χ4n) is 3.33. The lowest BCUT2D eigenvalue weighted by Gasteiger charge is -2.24. The van der Waals surface area contributed by atoms with E-state index in [2.05, 4.69) is 4.98 Å². The summed E-state index contributed by atoms with van der Waals surface area (Å²) >= 11 is 7.40. The number of carbonyl (C=O) groups excluding carboxylic acids is 1. The van der Waals surface area contributed by atoms with Crippen molar-refractivity contribution in [2.75, 3.05) is 25.2 Å². The molecule has 1 aromatic heterocycles. The van der Waals surface area contributed by atoms with Gasteiger partial charge in [-0.1, -0.05) is 41.6 Å². The highest BCUT2D eigenvalue weighted by Gasteiger charge is 2.24. The Morgan fingerprint density at radius 3 is 2.68 bits per heavy atom. The number of para-hydroxylation sites is 1. The predicted molar refractivity (Wildman–Crippen MR) is 127 cm³/mol. The summed E-state index contributed by atoms with van der Waals surface area (Å²) in [4.78, 5) is 32.8. The number of halogens is 1. The van der Waals surface area contributed by atoms with Crippen LogP contribution in [-0.4, -0.2) is 41.0 Å². The van der Waals surface area contributed by atoms with E-state index in [0.717, 1.165) is 5.69 Å². The number of methoxy groups -OCH3 is 1. The molecule has 6 nitrogen and oxygen atoms in total. The Bertz CT molecular complexity index is 1100. The van der Waals surface area contributed by atoms with Crippen molar-refractivity contribution in [1.82, 2.24) is 9.55 Å².